The fraction of sp³-hybridized carbons (Fsp3) is 0.667. The summed E-state index contributed by atoms with van der Waals surface area (Å²) in [6, 6.07) is 4.33. The summed E-state index contributed by atoms with van der Waals surface area (Å²) in [5.74, 6) is 0.911. The molecule has 0 unspecified atom stereocenters. The van der Waals surface area contributed by atoms with Crippen LogP contribution in [0.4, 0.5) is 5.69 Å². The Hall–Kier alpha value is -1.09. The molecule has 1 fully saturated rings. The van der Waals surface area contributed by atoms with Gasteiger partial charge >= 0.3 is 0 Å². The van der Waals surface area contributed by atoms with Crippen LogP contribution < -0.4 is 10.6 Å². The van der Waals surface area contributed by atoms with E-state index in [9.17, 15) is 0 Å². The lowest BCUT2D eigenvalue weighted by Gasteiger charge is -2.24. The average Bonchev–Trinajstić information content (AvgIpc) is 3.21. The van der Waals surface area contributed by atoms with Gasteiger partial charge in [-0.2, -0.15) is 0 Å². The molecule has 100 valence electrons. The smallest absolute Gasteiger partial charge is 0.0572 e. The van der Waals surface area contributed by atoms with Gasteiger partial charge < -0.3 is 10.6 Å². The van der Waals surface area contributed by atoms with Gasteiger partial charge in [-0.05, 0) is 43.7 Å². The standard InChI is InChI=1S/C15H25N3/c1-3-9-18(11-12-5-6-12)13-7-8-15(17-10-13)14(16)4-2/h7-8,10,12,14H,3-6,9,11,16H2,1-2H3/t14-/m1/s1. The first kappa shape index (κ1) is 13.3. The fourth-order valence-electron chi connectivity index (χ4n) is 2.22. The summed E-state index contributed by atoms with van der Waals surface area (Å²) in [6.07, 6.45) is 6.90. The van der Waals surface area contributed by atoms with Crippen LogP contribution in [-0.4, -0.2) is 18.1 Å². The van der Waals surface area contributed by atoms with Crippen LogP contribution in [0, 0.1) is 5.92 Å². The molecule has 0 aromatic carbocycles. The van der Waals surface area contributed by atoms with Gasteiger partial charge in [0.25, 0.3) is 0 Å². The number of anilines is 1. The van der Waals surface area contributed by atoms with Gasteiger partial charge in [0.1, 0.15) is 0 Å². The quantitative estimate of drug-likeness (QED) is 0.805. The Labute approximate surface area is 110 Å². The minimum absolute atomic E-state index is 0.0714. The molecule has 3 heteroatoms. The zero-order chi connectivity index (χ0) is 13.0. The Balaban J connectivity index is 2.04. The summed E-state index contributed by atoms with van der Waals surface area (Å²) in [4.78, 5) is 6.98. The van der Waals surface area contributed by atoms with Crippen molar-refractivity contribution in [2.24, 2.45) is 11.7 Å². The van der Waals surface area contributed by atoms with Crippen molar-refractivity contribution in [3.8, 4) is 0 Å². The molecule has 1 aromatic heterocycles. The van der Waals surface area contributed by atoms with Gasteiger partial charge in [0, 0.05) is 19.1 Å². The predicted octanol–water partition coefficient (Wildman–Crippen LogP) is 3.12. The molecule has 18 heavy (non-hydrogen) atoms. The molecular weight excluding hydrogens is 222 g/mol. The molecule has 0 bridgehead atoms. The molecule has 1 atom stereocenters. The lowest BCUT2D eigenvalue weighted by atomic mass is 10.1. The van der Waals surface area contributed by atoms with Gasteiger partial charge in [-0.1, -0.05) is 13.8 Å². The molecular formula is C15H25N3. The largest absolute Gasteiger partial charge is 0.370 e. The van der Waals surface area contributed by atoms with E-state index in [-0.39, 0.29) is 6.04 Å². The minimum Gasteiger partial charge on any atom is -0.370 e. The first-order valence-electron chi connectivity index (χ1n) is 7.21. The molecule has 1 aliphatic carbocycles. The van der Waals surface area contributed by atoms with Gasteiger partial charge in [0.2, 0.25) is 0 Å². The number of pyridine rings is 1. The summed E-state index contributed by atoms with van der Waals surface area (Å²) < 4.78 is 0. The molecule has 2 rings (SSSR count). The predicted molar refractivity (Wildman–Crippen MR) is 76.7 cm³/mol. The normalized spacial score (nSPS) is 16.6. The first-order chi connectivity index (χ1) is 8.74. The van der Waals surface area contributed by atoms with Crippen LogP contribution in [0.1, 0.15) is 51.3 Å². The molecule has 0 saturated heterocycles. The zero-order valence-corrected chi connectivity index (χ0v) is 11.6. The van der Waals surface area contributed by atoms with E-state index in [1.807, 2.05) is 6.20 Å². The van der Waals surface area contributed by atoms with Crippen molar-refractivity contribution < 1.29 is 0 Å². The highest BCUT2D eigenvalue weighted by Crippen LogP contribution is 2.31. The topological polar surface area (TPSA) is 42.1 Å². The highest BCUT2D eigenvalue weighted by molar-refractivity contribution is 5.45. The summed E-state index contributed by atoms with van der Waals surface area (Å²) in [7, 11) is 0. The second-order valence-electron chi connectivity index (χ2n) is 5.35. The van der Waals surface area contributed by atoms with E-state index in [1.165, 1.54) is 31.5 Å². The molecule has 0 aliphatic heterocycles. The van der Waals surface area contributed by atoms with Crippen LogP contribution in [0.2, 0.25) is 0 Å². The van der Waals surface area contributed by atoms with E-state index in [1.54, 1.807) is 0 Å². The van der Waals surface area contributed by atoms with Crippen LogP contribution in [-0.2, 0) is 0 Å². The zero-order valence-electron chi connectivity index (χ0n) is 11.6. The van der Waals surface area contributed by atoms with Crippen molar-refractivity contribution >= 4 is 5.69 Å². The number of hydrogen-bond acceptors (Lipinski definition) is 3. The van der Waals surface area contributed by atoms with E-state index in [0.717, 1.165) is 24.6 Å². The highest BCUT2D eigenvalue weighted by Gasteiger charge is 2.24. The van der Waals surface area contributed by atoms with Crippen molar-refractivity contribution in [1.82, 2.24) is 4.98 Å². The van der Waals surface area contributed by atoms with Crippen molar-refractivity contribution in [1.29, 1.82) is 0 Å². The van der Waals surface area contributed by atoms with Crippen molar-refractivity contribution in [2.75, 3.05) is 18.0 Å². The first-order valence-corrected chi connectivity index (χ1v) is 7.21. The van der Waals surface area contributed by atoms with Crippen molar-refractivity contribution in [3.05, 3.63) is 24.0 Å². The van der Waals surface area contributed by atoms with Crippen LogP contribution in [0.5, 0.6) is 0 Å². The second-order valence-corrected chi connectivity index (χ2v) is 5.35. The number of hydrogen-bond donors (Lipinski definition) is 1. The Morgan fingerprint density at radius 3 is 2.67 bits per heavy atom. The third-order valence-corrected chi connectivity index (χ3v) is 3.62. The Morgan fingerprint density at radius 1 is 1.39 bits per heavy atom. The SMILES string of the molecule is CCCN(CC1CC1)c1ccc([C@H](N)CC)nc1. The summed E-state index contributed by atoms with van der Waals surface area (Å²) >= 11 is 0. The van der Waals surface area contributed by atoms with E-state index in [4.69, 9.17) is 5.73 Å². The minimum atomic E-state index is 0.0714. The maximum atomic E-state index is 5.99. The van der Waals surface area contributed by atoms with Crippen LogP contribution in [0.25, 0.3) is 0 Å². The lowest BCUT2D eigenvalue weighted by Crippen LogP contribution is -2.26. The maximum Gasteiger partial charge on any atom is 0.0572 e. The highest BCUT2D eigenvalue weighted by atomic mass is 15.1. The molecule has 0 radical (unpaired) electrons. The van der Waals surface area contributed by atoms with Crippen molar-refractivity contribution in [3.63, 3.8) is 0 Å². The van der Waals surface area contributed by atoms with E-state index >= 15 is 0 Å². The van der Waals surface area contributed by atoms with Crippen molar-refractivity contribution in [2.45, 2.75) is 45.6 Å². The van der Waals surface area contributed by atoms with Gasteiger partial charge in [-0.15, -0.1) is 0 Å². The van der Waals surface area contributed by atoms with E-state index in [0.29, 0.717) is 0 Å². The molecule has 0 spiro atoms. The third-order valence-electron chi connectivity index (χ3n) is 3.62. The molecule has 2 N–H and O–H groups in total. The van der Waals surface area contributed by atoms with Crippen LogP contribution in [0.15, 0.2) is 18.3 Å². The summed E-state index contributed by atoms with van der Waals surface area (Å²) in [5.41, 5.74) is 8.24. The fourth-order valence-corrected chi connectivity index (χ4v) is 2.22. The summed E-state index contributed by atoms with van der Waals surface area (Å²) in [6.45, 7) is 6.64. The summed E-state index contributed by atoms with van der Waals surface area (Å²) in [5, 5.41) is 0. The lowest BCUT2D eigenvalue weighted by molar-refractivity contribution is 0.671. The molecule has 1 aromatic rings. The number of nitrogens with zero attached hydrogens (tertiary/aromatic N) is 2. The van der Waals surface area contributed by atoms with Gasteiger partial charge in [-0.3, -0.25) is 4.98 Å². The van der Waals surface area contributed by atoms with E-state index < -0.39 is 0 Å². The molecule has 1 saturated carbocycles. The molecule has 1 heterocycles. The van der Waals surface area contributed by atoms with E-state index in [2.05, 4.69) is 35.9 Å². The van der Waals surface area contributed by atoms with Gasteiger partial charge in [0.15, 0.2) is 0 Å². The number of aromatic nitrogens is 1. The Kier molecular flexibility index (Phi) is 4.59. The average molecular weight is 247 g/mol. The molecule has 1 aliphatic rings. The van der Waals surface area contributed by atoms with Gasteiger partial charge in [0.05, 0.1) is 17.6 Å². The van der Waals surface area contributed by atoms with Crippen LogP contribution >= 0.6 is 0 Å². The number of rotatable bonds is 7. The monoisotopic (exact) mass is 247 g/mol. The second kappa shape index (κ2) is 6.19. The Bertz CT molecular complexity index is 357. The van der Waals surface area contributed by atoms with Gasteiger partial charge in [-0.25, -0.2) is 0 Å². The van der Waals surface area contributed by atoms with Crippen LogP contribution in [0.3, 0.4) is 0 Å². The maximum absolute atomic E-state index is 5.99. The third kappa shape index (κ3) is 3.45. The Morgan fingerprint density at radius 2 is 2.17 bits per heavy atom. The molecule has 0 amide bonds. The molecule has 3 nitrogen and oxygen atoms in total. The number of nitrogens with two attached hydrogens (primary N) is 1.